The topological polar surface area (TPSA) is 159 Å². The molecular formula is C21H27N5O6S. The third-order valence-corrected chi connectivity index (χ3v) is 6.25. The molecule has 4 N–H and O–H groups in total. The summed E-state index contributed by atoms with van der Waals surface area (Å²) in [7, 11) is 1.35. The van der Waals surface area contributed by atoms with Gasteiger partial charge in [0.15, 0.2) is 0 Å². The molecule has 3 heterocycles. The first-order chi connectivity index (χ1) is 15.5. The lowest BCUT2D eigenvalue weighted by Crippen LogP contribution is -2.39. The highest BCUT2D eigenvalue weighted by Gasteiger charge is 2.26. The number of carbonyl (C=O) groups excluding carboxylic acids is 1. The van der Waals surface area contributed by atoms with Crippen molar-refractivity contribution in [2.75, 3.05) is 13.2 Å². The van der Waals surface area contributed by atoms with Crippen LogP contribution in [0.4, 0.5) is 0 Å². The molecule has 1 atom stereocenters. The van der Waals surface area contributed by atoms with Crippen LogP contribution in [0.5, 0.6) is 0 Å². The zero-order valence-corrected chi connectivity index (χ0v) is 19.7. The van der Waals surface area contributed by atoms with Crippen molar-refractivity contribution in [1.82, 2.24) is 24.4 Å². The predicted octanol–water partition coefficient (Wildman–Crippen LogP) is -0.517. The van der Waals surface area contributed by atoms with E-state index < -0.39 is 35.4 Å². The van der Waals surface area contributed by atoms with Gasteiger partial charge in [0.25, 0.3) is 17.0 Å². The van der Waals surface area contributed by atoms with Gasteiger partial charge in [-0.1, -0.05) is 13.8 Å². The van der Waals surface area contributed by atoms with Crippen molar-refractivity contribution in [2.24, 2.45) is 13.0 Å². The molecule has 0 spiro atoms. The zero-order chi connectivity index (χ0) is 24.4. The van der Waals surface area contributed by atoms with Gasteiger partial charge in [-0.2, -0.15) is 0 Å². The van der Waals surface area contributed by atoms with Crippen LogP contribution in [0.2, 0.25) is 0 Å². The van der Waals surface area contributed by atoms with Crippen molar-refractivity contribution in [3.05, 3.63) is 59.2 Å². The highest BCUT2D eigenvalue weighted by atomic mass is 32.1. The summed E-state index contributed by atoms with van der Waals surface area (Å²) in [5.74, 6) is -0.563. The molecule has 0 radical (unpaired) electrons. The van der Waals surface area contributed by atoms with Gasteiger partial charge < -0.3 is 20.5 Å². The number of nitrogens with one attached hydrogen (secondary N) is 2. The molecule has 11 nitrogen and oxygen atoms in total. The van der Waals surface area contributed by atoms with Crippen molar-refractivity contribution in [3.63, 3.8) is 0 Å². The maximum absolute atomic E-state index is 13.1. The lowest BCUT2D eigenvalue weighted by atomic mass is 10.1. The average Bonchev–Trinajstić information content (AvgIpc) is 3.14. The maximum Gasteiger partial charge on any atom is 0.331 e. The minimum absolute atomic E-state index is 0.0271. The maximum atomic E-state index is 13.1. The van der Waals surface area contributed by atoms with Crippen LogP contribution >= 0.6 is 11.3 Å². The molecule has 0 saturated carbocycles. The Hall–Kier alpha value is -3.09. The second-order valence-corrected chi connectivity index (χ2v) is 9.36. The molecule has 1 amide bonds. The fourth-order valence-electron chi connectivity index (χ4n) is 3.45. The van der Waals surface area contributed by atoms with Gasteiger partial charge in [-0.25, -0.2) is 4.79 Å². The molecule has 3 aromatic heterocycles. The van der Waals surface area contributed by atoms with Gasteiger partial charge in [-0.05, 0) is 12.8 Å². The molecule has 3 aromatic rings. The number of thiophene rings is 1. The van der Waals surface area contributed by atoms with Crippen LogP contribution in [0.25, 0.3) is 10.2 Å². The number of hydrogen-bond donors (Lipinski definition) is 4. The molecule has 0 aliphatic heterocycles. The molecule has 12 heteroatoms. The molecule has 33 heavy (non-hydrogen) atoms. The molecular weight excluding hydrogens is 450 g/mol. The van der Waals surface area contributed by atoms with Crippen LogP contribution in [0.15, 0.2) is 20.6 Å². The summed E-state index contributed by atoms with van der Waals surface area (Å²) in [4.78, 5) is 59.0. The molecule has 0 aromatic carbocycles. The first kappa shape index (κ1) is 24.6. The van der Waals surface area contributed by atoms with Crippen LogP contribution in [-0.2, 0) is 20.0 Å². The quantitative estimate of drug-likeness (QED) is 0.340. The standard InChI is InChI=1S/C21H27N5O6S/c1-10(2)8-26-20-16(19(31)25(4)21(26)32)15(18(30)23-7-12(28)9-27)14(33-20)5-13-17(29)22-6-11(3)24-13/h6,10,12,27-28H,5,7-9H2,1-4H3,(H,22,29)(H,23,30). The number of aliphatic hydroxyl groups is 2. The largest absolute Gasteiger partial charge is 0.394 e. The van der Waals surface area contributed by atoms with E-state index >= 15 is 0 Å². The highest BCUT2D eigenvalue weighted by Crippen LogP contribution is 2.30. The second-order valence-electron chi connectivity index (χ2n) is 8.27. The molecule has 0 bridgehead atoms. The summed E-state index contributed by atoms with van der Waals surface area (Å²) in [6.07, 6.45) is 0.266. The van der Waals surface area contributed by atoms with E-state index in [2.05, 4.69) is 15.3 Å². The summed E-state index contributed by atoms with van der Waals surface area (Å²) in [6, 6.07) is 0. The third kappa shape index (κ3) is 4.97. The van der Waals surface area contributed by atoms with Crippen LogP contribution in [0, 0.1) is 12.8 Å². The molecule has 0 aliphatic carbocycles. The number of H-pyrrole nitrogens is 1. The van der Waals surface area contributed by atoms with Crippen LogP contribution < -0.4 is 22.1 Å². The first-order valence-electron chi connectivity index (χ1n) is 10.4. The SMILES string of the molecule is Cc1c[nH]c(=O)c(Cc2sc3c(c2C(=O)NCC(O)CO)c(=O)n(C)c(=O)n3CC(C)C)n1. The number of rotatable bonds is 8. The Morgan fingerprint density at radius 3 is 2.64 bits per heavy atom. The van der Waals surface area contributed by atoms with Crippen molar-refractivity contribution < 1.29 is 15.0 Å². The summed E-state index contributed by atoms with van der Waals surface area (Å²) in [6.45, 7) is 5.12. The molecule has 0 fully saturated rings. The Labute approximate surface area is 192 Å². The Balaban J connectivity index is 2.29. The molecule has 178 valence electrons. The van der Waals surface area contributed by atoms with Crippen LogP contribution in [0.1, 0.15) is 40.5 Å². The zero-order valence-electron chi connectivity index (χ0n) is 18.8. The lowest BCUT2D eigenvalue weighted by Gasteiger charge is -2.12. The predicted molar refractivity (Wildman–Crippen MR) is 124 cm³/mol. The van der Waals surface area contributed by atoms with E-state index in [0.29, 0.717) is 21.9 Å². The Morgan fingerprint density at radius 1 is 1.30 bits per heavy atom. The van der Waals surface area contributed by atoms with Crippen molar-refractivity contribution in [2.45, 2.75) is 39.8 Å². The number of aromatic amines is 1. The summed E-state index contributed by atoms with van der Waals surface area (Å²) in [5, 5.41) is 21.3. The summed E-state index contributed by atoms with van der Waals surface area (Å²) >= 11 is 1.09. The summed E-state index contributed by atoms with van der Waals surface area (Å²) < 4.78 is 2.42. The van der Waals surface area contributed by atoms with E-state index in [1.165, 1.54) is 17.8 Å². The molecule has 0 saturated heterocycles. The number of aryl methyl sites for hydroxylation is 1. The van der Waals surface area contributed by atoms with Crippen molar-refractivity contribution in [3.8, 4) is 0 Å². The van der Waals surface area contributed by atoms with Gasteiger partial charge in [0.1, 0.15) is 10.5 Å². The Bertz CT molecular complexity index is 1370. The van der Waals surface area contributed by atoms with Gasteiger partial charge in [0.05, 0.1) is 29.4 Å². The number of aromatic nitrogens is 4. The smallest absolute Gasteiger partial charge is 0.331 e. The average molecular weight is 478 g/mol. The van der Waals surface area contributed by atoms with E-state index in [9.17, 15) is 24.3 Å². The van der Waals surface area contributed by atoms with Gasteiger partial charge >= 0.3 is 5.69 Å². The minimum Gasteiger partial charge on any atom is -0.394 e. The van der Waals surface area contributed by atoms with Crippen molar-refractivity contribution >= 4 is 27.5 Å². The number of carbonyl (C=O) groups is 1. The Morgan fingerprint density at radius 2 is 2.00 bits per heavy atom. The van der Waals surface area contributed by atoms with E-state index in [-0.39, 0.29) is 35.5 Å². The van der Waals surface area contributed by atoms with E-state index in [1.54, 1.807) is 6.92 Å². The van der Waals surface area contributed by atoms with Gasteiger partial charge in [0.2, 0.25) is 0 Å². The molecule has 1 unspecified atom stereocenters. The highest BCUT2D eigenvalue weighted by molar-refractivity contribution is 7.19. The van der Waals surface area contributed by atoms with E-state index in [1.807, 2.05) is 13.8 Å². The van der Waals surface area contributed by atoms with Crippen molar-refractivity contribution in [1.29, 1.82) is 0 Å². The summed E-state index contributed by atoms with van der Waals surface area (Å²) in [5.41, 5.74) is -0.774. The fraction of sp³-hybridized carbons (Fsp3) is 0.476. The fourth-order valence-corrected chi connectivity index (χ4v) is 4.74. The number of hydrogen-bond acceptors (Lipinski definition) is 8. The van der Waals surface area contributed by atoms with Crippen LogP contribution in [0.3, 0.4) is 0 Å². The molecule has 0 aliphatic rings. The van der Waals surface area contributed by atoms with Crippen LogP contribution in [-0.4, -0.2) is 54.5 Å². The van der Waals surface area contributed by atoms with Gasteiger partial charge in [-0.15, -0.1) is 11.3 Å². The number of fused-ring (bicyclic) bond motifs is 1. The monoisotopic (exact) mass is 477 g/mol. The van der Waals surface area contributed by atoms with E-state index in [4.69, 9.17) is 5.11 Å². The number of aliphatic hydroxyl groups excluding tert-OH is 2. The second kappa shape index (κ2) is 9.81. The normalized spacial score (nSPS) is 12.5. The Kier molecular flexibility index (Phi) is 7.30. The first-order valence-corrected chi connectivity index (χ1v) is 11.2. The minimum atomic E-state index is -1.18. The number of amides is 1. The molecule has 3 rings (SSSR count). The van der Waals surface area contributed by atoms with Gasteiger partial charge in [0, 0.05) is 37.6 Å². The lowest BCUT2D eigenvalue weighted by molar-refractivity contribution is 0.0802. The third-order valence-electron chi connectivity index (χ3n) is 5.04. The number of nitrogens with zero attached hydrogens (tertiary/aromatic N) is 3. The van der Waals surface area contributed by atoms with Gasteiger partial charge in [-0.3, -0.25) is 28.5 Å². The van der Waals surface area contributed by atoms with E-state index in [0.717, 1.165) is 15.9 Å².